The van der Waals surface area contributed by atoms with E-state index in [9.17, 15) is 9.90 Å². The first-order valence-corrected chi connectivity index (χ1v) is 12.9. The third-order valence-electron chi connectivity index (χ3n) is 8.46. The molecule has 7 rings (SSSR count). The third kappa shape index (κ3) is 4.71. The van der Waals surface area contributed by atoms with Crippen LogP contribution in [-0.4, -0.2) is 28.8 Å². The smallest absolute Gasteiger partial charge is 0.229 e. The molecule has 2 aromatic carbocycles. The fourth-order valence-electron chi connectivity index (χ4n) is 7.36. The highest BCUT2D eigenvalue weighted by Gasteiger charge is 2.51. The Bertz CT molecular complexity index is 1200. The molecule has 0 radical (unpaired) electrons. The molecule has 35 heavy (non-hydrogen) atoms. The van der Waals surface area contributed by atoms with Gasteiger partial charge in [0.2, 0.25) is 5.91 Å². The lowest BCUT2D eigenvalue weighted by molar-refractivity contribution is -0.115. The fraction of sp³-hybridized carbons (Fsp3) is 0.414. The molecule has 0 saturated heterocycles. The molecular formula is C29H32BN3O2. The van der Waals surface area contributed by atoms with Crippen LogP contribution in [0.15, 0.2) is 54.7 Å². The Morgan fingerprint density at radius 1 is 0.971 bits per heavy atom. The number of amides is 1. The first-order valence-electron chi connectivity index (χ1n) is 12.9. The minimum Gasteiger partial charge on any atom is -0.508 e. The number of hydrogen-bond acceptors (Lipinski definition) is 4. The van der Waals surface area contributed by atoms with Gasteiger partial charge in [0.05, 0.1) is 24.0 Å². The average Bonchev–Trinajstić information content (AvgIpc) is 2.81. The largest absolute Gasteiger partial charge is 0.508 e. The quantitative estimate of drug-likeness (QED) is 0.539. The van der Waals surface area contributed by atoms with Gasteiger partial charge in [-0.1, -0.05) is 29.7 Å². The Hall–Kier alpha value is -3.15. The summed E-state index contributed by atoms with van der Waals surface area (Å²) in [6, 6.07) is 15.2. The molecule has 6 heteroatoms. The summed E-state index contributed by atoms with van der Waals surface area (Å²) in [4.78, 5) is 22.7. The SMILES string of the molecule is Bc1ccc(CC(=O)Nc2ncc(-c3ccc(O)cc3)nc2CC23CC4CC(CC(C4)C2)C3)cc1. The Balaban J connectivity index is 1.29. The van der Waals surface area contributed by atoms with Gasteiger partial charge in [-0.25, -0.2) is 9.97 Å². The van der Waals surface area contributed by atoms with Crippen molar-refractivity contribution >= 4 is 25.0 Å². The van der Waals surface area contributed by atoms with Gasteiger partial charge in [0.25, 0.3) is 0 Å². The van der Waals surface area contributed by atoms with Crippen molar-refractivity contribution in [3.63, 3.8) is 0 Å². The molecule has 3 aromatic rings. The van der Waals surface area contributed by atoms with Gasteiger partial charge >= 0.3 is 0 Å². The second-order valence-electron chi connectivity index (χ2n) is 11.4. The zero-order valence-electron chi connectivity index (χ0n) is 20.3. The van der Waals surface area contributed by atoms with Crippen LogP contribution in [0.5, 0.6) is 5.75 Å². The maximum absolute atomic E-state index is 13.0. The van der Waals surface area contributed by atoms with Gasteiger partial charge in [0.15, 0.2) is 5.82 Å². The lowest BCUT2D eigenvalue weighted by Gasteiger charge is -2.57. The average molecular weight is 465 g/mol. The number of benzene rings is 2. The van der Waals surface area contributed by atoms with Gasteiger partial charge in [-0.2, -0.15) is 0 Å². The second kappa shape index (κ2) is 8.82. The number of anilines is 1. The highest BCUT2D eigenvalue weighted by atomic mass is 16.3. The summed E-state index contributed by atoms with van der Waals surface area (Å²) in [5.41, 5.74) is 5.05. The number of hydrogen-bond donors (Lipinski definition) is 2. The summed E-state index contributed by atoms with van der Waals surface area (Å²) in [6.07, 6.45) is 11.0. The Labute approximate surface area is 207 Å². The molecule has 2 N–H and O–H groups in total. The number of aromatic nitrogens is 2. The highest BCUT2D eigenvalue weighted by Crippen LogP contribution is 2.61. The van der Waals surface area contributed by atoms with E-state index in [1.807, 2.05) is 44.2 Å². The van der Waals surface area contributed by atoms with Gasteiger partial charge < -0.3 is 10.4 Å². The molecule has 178 valence electrons. The molecule has 4 saturated carbocycles. The van der Waals surface area contributed by atoms with Crippen LogP contribution < -0.4 is 10.8 Å². The van der Waals surface area contributed by atoms with Crippen LogP contribution in [0.25, 0.3) is 11.3 Å². The standard InChI is InChI=1S/C29H32BN3O2/c30-23-5-1-18(2-6-23)12-27(35)33-28-25(32-26(17-31-28)22-3-7-24(34)8-4-22)16-29-13-19-9-20(14-29)11-21(10-19)15-29/h1-8,17,19-21,34H,9-16,30H2,(H,31,33,35). The number of rotatable bonds is 6. The first kappa shape index (κ1) is 22.3. The van der Waals surface area contributed by atoms with E-state index in [1.165, 1.54) is 44.0 Å². The Morgan fingerprint density at radius 3 is 2.23 bits per heavy atom. The molecule has 4 bridgehead atoms. The van der Waals surface area contributed by atoms with Crippen molar-refractivity contribution < 1.29 is 9.90 Å². The van der Waals surface area contributed by atoms with Gasteiger partial charge in [0, 0.05) is 5.56 Å². The number of aromatic hydroxyl groups is 1. The molecule has 0 spiro atoms. The van der Waals surface area contributed by atoms with Crippen molar-refractivity contribution in [1.82, 2.24) is 9.97 Å². The highest BCUT2D eigenvalue weighted by molar-refractivity contribution is 6.32. The van der Waals surface area contributed by atoms with Gasteiger partial charge in [-0.05, 0) is 97.9 Å². The maximum atomic E-state index is 13.0. The zero-order valence-corrected chi connectivity index (χ0v) is 20.3. The molecule has 1 aromatic heterocycles. The summed E-state index contributed by atoms with van der Waals surface area (Å²) < 4.78 is 0. The molecule has 0 atom stereocenters. The molecular weight excluding hydrogens is 433 g/mol. The number of phenols is 1. The lowest BCUT2D eigenvalue weighted by Crippen LogP contribution is -2.47. The second-order valence-corrected chi connectivity index (χ2v) is 11.4. The molecule has 4 aliphatic rings. The van der Waals surface area contributed by atoms with Crippen molar-refractivity contribution in [1.29, 1.82) is 0 Å². The van der Waals surface area contributed by atoms with Crippen LogP contribution >= 0.6 is 0 Å². The van der Waals surface area contributed by atoms with Gasteiger partial charge in [0.1, 0.15) is 13.6 Å². The normalized spacial score (nSPS) is 26.6. The van der Waals surface area contributed by atoms with E-state index < -0.39 is 0 Å². The van der Waals surface area contributed by atoms with E-state index >= 15 is 0 Å². The van der Waals surface area contributed by atoms with Crippen LogP contribution in [0.2, 0.25) is 0 Å². The molecule has 0 aliphatic heterocycles. The lowest BCUT2D eigenvalue weighted by atomic mass is 9.48. The Morgan fingerprint density at radius 2 is 1.60 bits per heavy atom. The number of carbonyl (C=O) groups is 1. The monoisotopic (exact) mass is 465 g/mol. The van der Waals surface area contributed by atoms with E-state index in [0.29, 0.717) is 12.2 Å². The van der Waals surface area contributed by atoms with Crippen molar-refractivity contribution in [2.24, 2.45) is 23.2 Å². The molecule has 4 fully saturated rings. The predicted octanol–water partition coefficient (Wildman–Crippen LogP) is 4.05. The number of nitrogens with zero attached hydrogens (tertiary/aromatic N) is 2. The van der Waals surface area contributed by atoms with Crippen LogP contribution in [0.4, 0.5) is 5.82 Å². The summed E-state index contributed by atoms with van der Waals surface area (Å²) >= 11 is 0. The fourth-order valence-corrected chi connectivity index (χ4v) is 7.36. The number of carbonyl (C=O) groups excluding carboxylic acids is 1. The van der Waals surface area contributed by atoms with E-state index in [2.05, 4.69) is 5.32 Å². The van der Waals surface area contributed by atoms with E-state index in [4.69, 9.17) is 9.97 Å². The first-order chi connectivity index (χ1) is 16.9. The van der Waals surface area contributed by atoms with Crippen LogP contribution in [0.1, 0.15) is 49.8 Å². The maximum Gasteiger partial charge on any atom is 0.229 e. The summed E-state index contributed by atoms with van der Waals surface area (Å²) in [6.45, 7) is 0. The molecule has 5 nitrogen and oxygen atoms in total. The molecule has 4 aliphatic carbocycles. The van der Waals surface area contributed by atoms with Crippen molar-refractivity contribution in [2.45, 2.75) is 51.4 Å². The summed E-state index contributed by atoms with van der Waals surface area (Å²) in [5.74, 6) is 3.33. The van der Waals surface area contributed by atoms with Crippen LogP contribution in [-0.2, 0) is 17.6 Å². The summed E-state index contributed by atoms with van der Waals surface area (Å²) in [5, 5.41) is 12.8. The van der Waals surface area contributed by atoms with Crippen molar-refractivity contribution in [3.05, 3.63) is 66.0 Å². The topological polar surface area (TPSA) is 75.1 Å². The van der Waals surface area contributed by atoms with Crippen LogP contribution in [0, 0.1) is 23.2 Å². The van der Waals surface area contributed by atoms with Crippen LogP contribution in [0.3, 0.4) is 0 Å². The number of phenolic OH excluding ortho intramolecular Hbond substituents is 1. The summed E-state index contributed by atoms with van der Waals surface area (Å²) in [7, 11) is 2.05. The van der Waals surface area contributed by atoms with Gasteiger partial charge in [-0.3, -0.25) is 4.79 Å². The minimum atomic E-state index is -0.0627. The molecule has 1 heterocycles. The Kier molecular flexibility index (Phi) is 5.62. The zero-order chi connectivity index (χ0) is 24.0. The van der Waals surface area contributed by atoms with Gasteiger partial charge in [-0.15, -0.1) is 0 Å². The van der Waals surface area contributed by atoms with E-state index in [1.54, 1.807) is 18.3 Å². The number of nitrogens with one attached hydrogen (secondary N) is 1. The van der Waals surface area contributed by atoms with E-state index in [0.717, 1.165) is 46.7 Å². The third-order valence-corrected chi connectivity index (χ3v) is 8.46. The predicted molar refractivity (Wildman–Crippen MR) is 140 cm³/mol. The molecule has 0 unspecified atom stereocenters. The molecule has 1 amide bonds. The van der Waals surface area contributed by atoms with E-state index in [-0.39, 0.29) is 17.1 Å². The van der Waals surface area contributed by atoms with Crippen molar-refractivity contribution in [2.75, 3.05) is 5.32 Å². The minimum absolute atomic E-state index is 0.0627. The van der Waals surface area contributed by atoms with Crippen molar-refractivity contribution in [3.8, 4) is 17.0 Å².